The van der Waals surface area contributed by atoms with Crippen molar-refractivity contribution in [1.82, 2.24) is 9.88 Å². The maximum absolute atomic E-state index is 5.74. The summed E-state index contributed by atoms with van der Waals surface area (Å²) in [5.74, 6) is 0.735. The van der Waals surface area contributed by atoms with Gasteiger partial charge >= 0.3 is 0 Å². The van der Waals surface area contributed by atoms with Gasteiger partial charge in [-0.2, -0.15) is 0 Å². The predicted octanol–water partition coefficient (Wildman–Crippen LogP) is 3.60. The van der Waals surface area contributed by atoms with Crippen molar-refractivity contribution in [2.24, 2.45) is 0 Å². The SMILES string of the molecule is Cc1nc(CN(CCCCl)C(C)C)sc1C. The molecule has 0 radical (unpaired) electrons. The minimum atomic E-state index is 0.549. The molecule has 0 spiro atoms. The Morgan fingerprint density at radius 3 is 2.50 bits per heavy atom. The third-order valence-corrected chi connectivity index (χ3v) is 4.05. The normalized spacial score (nSPS) is 11.7. The largest absolute Gasteiger partial charge is 0.294 e. The summed E-state index contributed by atoms with van der Waals surface area (Å²) in [6.45, 7) is 10.7. The first-order valence-corrected chi connectivity index (χ1v) is 7.12. The summed E-state index contributed by atoms with van der Waals surface area (Å²) in [4.78, 5) is 8.34. The summed E-state index contributed by atoms with van der Waals surface area (Å²) in [7, 11) is 0. The van der Waals surface area contributed by atoms with Crippen LogP contribution in [0.3, 0.4) is 0 Å². The minimum absolute atomic E-state index is 0.549. The van der Waals surface area contributed by atoms with Gasteiger partial charge in [0, 0.05) is 16.8 Å². The van der Waals surface area contributed by atoms with E-state index in [2.05, 4.69) is 37.6 Å². The van der Waals surface area contributed by atoms with Crippen molar-refractivity contribution in [3.8, 4) is 0 Å². The van der Waals surface area contributed by atoms with Crippen molar-refractivity contribution < 1.29 is 0 Å². The van der Waals surface area contributed by atoms with Gasteiger partial charge < -0.3 is 0 Å². The zero-order chi connectivity index (χ0) is 12.1. The van der Waals surface area contributed by atoms with Gasteiger partial charge in [-0.25, -0.2) is 4.98 Å². The fraction of sp³-hybridized carbons (Fsp3) is 0.750. The van der Waals surface area contributed by atoms with Gasteiger partial charge in [0.25, 0.3) is 0 Å². The fourth-order valence-corrected chi connectivity index (χ4v) is 2.64. The van der Waals surface area contributed by atoms with Crippen LogP contribution in [-0.2, 0) is 6.54 Å². The molecule has 0 aliphatic carbocycles. The standard InChI is InChI=1S/C12H21ClN2S/c1-9(2)15(7-5-6-13)8-12-14-10(3)11(4)16-12/h9H,5-8H2,1-4H3. The lowest BCUT2D eigenvalue weighted by Crippen LogP contribution is -2.31. The Bertz CT molecular complexity index is 303. The van der Waals surface area contributed by atoms with E-state index in [0.29, 0.717) is 6.04 Å². The van der Waals surface area contributed by atoms with Crippen LogP contribution in [0.2, 0.25) is 0 Å². The molecule has 4 heteroatoms. The van der Waals surface area contributed by atoms with Crippen molar-refractivity contribution in [3.05, 3.63) is 15.6 Å². The maximum atomic E-state index is 5.74. The third kappa shape index (κ3) is 4.04. The molecule has 0 bridgehead atoms. The van der Waals surface area contributed by atoms with E-state index in [1.165, 1.54) is 15.6 Å². The molecule has 0 saturated heterocycles. The molecule has 0 aliphatic heterocycles. The molecule has 0 unspecified atom stereocenters. The second-order valence-corrected chi connectivity index (χ2v) is 6.02. The van der Waals surface area contributed by atoms with Gasteiger partial charge in [-0.1, -0.05) is 0 Å². The van der Waals surface area contributed by atoms with E-state index in [9.17, 15) is 0 Å². The van der Waals surface area contributed by atoms with Crippen molar-refractivity contribution >= 4 is 22.9 Å². The molecule has 16 heavy (non-hydrogen) atoms. The number of aryl methyl sites for hydroxylation is 2. The molecule has 0 saturated carbocycles. The lowest BCUT2D eigenvalue weighted by Gasteiger charge is -2.24. The molecule has 0 atom stereocenters. The van der Waals surface area contributed by atoms with E-state index >= 15 is 0 Å². The summed E-state index contributed by atoms with van der Waals surface area (Å²) in [5, 5.41) is 1.22. The average molecular weight is 261 g/mol. The van der Waals surface area contributed by atoms with Gasteiger partial charge in [-0.05, 0) is 40.7 Å². The predicted molar refractivity (Wildman–Crippen MR) is 72.5 cm³/mol. The summed E-state index contributed by atoms with van der Waals surface area (Å²) < 4.78 is 0. The maximum Gasteiger partial charge on any atom is 0.107 e. The van der Waals surface area contributed by atoms with E-state index in [1.807, 2.05) is 11.3 Å². The number of halogens is 1. The zero-order valence-corrected chi connectivity index (χ0v) is 12.2. The Morgan fingerprint density at radius 1 is 1.38 bits per heavy atom. The smallest absolute Gasteiger partial charge is 0.107 e. The molecule has 0 N–H and O–H groups in total. The molecule has 0 amide bonds. The third-order valence-electron chi connectivity index (χ3n) is 2.72. The van der Waals surface area contributed by atoms with Gasteiger partial charge in [-0.15, -0.1) is 22.9 Å². The molecular formula is C12H21ClN2S. The number of thiazole rings is 1. The van der Waals surface area contributed by atoms with Crippen molar-refractivity contribution in [3.63, 3.8) is 0 Å². The number of hydrogen-bond donors (Lipinski definition) is 0. The molecule has 0 aromatic carbocycles. The molecule has 1 aromatic rings. The van der Waals surface area contributed by atoms with Gasteiger partial charge in [-0.3, -0.25) is 4.90 Å². The first-order valence-electron chi connectivity index (χ1n) is 5.77. The Labute approximate surface area is 108 Å². The van der Waals surface area contributed by atoms with E-state index < -0.39 is 0 Å². The molecular weight excluding hydrogens is 240 g/mol. The van der Waals surface area contributed by atoms with Crippen LogP contribution in [0.25, 0.3) is 0 Å². The quantitative estimate of drug-likeness (QED) is 0.727. The minimum Gasteiger partial charge on any atom is -0.294 e. The number of alkyl halides is 1. The van der Waals surface area contributed by atoms with Crippen LogP contribution in [0.15, 0.2) is 0 Å². The molecule has 2 nitrogen and oxygen atoms in total. The molecule has 1 heterocycles. The summed E-state index contributed by atoms with van der Waals surface area (Å²) >= 11 is 7.55. The summed E-state index contributed by atoms with van der Waals surface area (Å²) in [5.41, 5.74) is 1.17. The lowest BCUT2D eigenvalue weighted by atomic mass is 10.3. The number of rotatable bonds is 6. The highest BCUT2D eigenvalue weighted by Crippen LogP contribution is 2.19. The molecule has 0 aliphatic rings. The van der Waals surface area contributed by atoms with E-state index in [1.54, 1.807) is 0 Å². The van der Waals surface area contributed by atoms with E-state index in [0.717, 1.165) is 25.4 Å². The van der Waals surface area contributed by atoms with Crippen molar-refractivity contribution in [2.75, 3.05) is 12.4 Å². The average Bonchev–Trinajstić information content (AvgIpc) is 2.52. The Hall–Kier alpha value is -0.120. The topological polar surface area (TPSA) is 16.1 Å². The zero-order valence-electron chi connectivity index (χ0n) is 10.6. The number of nitrogens with zero attached hydrogens (tertiary/aromatic N) is 2. The first-order chi connectivity index (χ1) is 7.54. The fourth-order valence-electron chi connectivity index (χ4n) is 1.56. The lowest BCUT2D eigenvalue weighted by molar-refractivity contribution is 0.213. The van der Waals surface area contributed by atoms with Crippen molar-refractivity contribution in [2.45, 2.75) is 46.7 Å². The first kappa shape index (κ1) is 13.9. The Kier molecular flexibility index (Phi) is 5.73. The van der Waals surface area contributed by atoms with Crippen LogP contribution in [0, 0.1) is 13.8 Å². The number of aromatic nitrogens is 1. The van der Waals surface area contributed by atoms with Crippen LogP contribution < -0.4 is 0 Å². The summed E-state index contributed by atoms with van der Waals surface area (Å²) in [6.07, 6.45) is 1.04. The van der Waals surface area contributed by atoms with E-state index in [-0.39, 0.29) is 0 Å². The van der Waals surface area contributed by atoms with Crippen LogP contribution >= 0.6 is 22.9 Å². The van der Waals surface area contributed by atoms with E-state index in [4.69, 9.17) is 11.6 Å². The number of hydrogen-bond acceptors (Lipinski definition) is 3. The highest BCUT2D eigenvalue weighted by Gasteiger charge is 2.12. The highest BCUT2D eigenvalue weighted by atomic mass is 35.5. The Balaban J connectivity index is 2.60. The van der Waals surface area contributed by atoms with Crippen LogP contribution in [0.4, 0.5) is 0 Å². The van der Waals surface area contributed by atoms with Crippen LogP contribution in [0.1, 0.15) is 35.8 Å². The van der Waals surface area contributed by atoms with Crippen LogP contribution in [0.5, 0.6) is 0 Å². The monoisotopic (exact) mass is 260 g/mol. The Morgan fingerprint density at radius 2 is 2.06 bits per heavy atom. The second kappa shape index (κ2) is 6.58. The van der Waals surface area contributed by atoms with Gasteiger partial charge in [0.1, 0.15) is 5.01 Å². The van der Waals surface area contributed by atoms with Crippen molar-refractivity contribution in [1.29, 1.82) is 0 Å². The molecule has 1 rings (SSSR count). The second-order valence-electron chi connectivity index (χ2n) is 4.36. The van der Waals surface area contributed by atoms with Crippen LogP contribution in [-0.4, -0.2) is 28.4 Å². The van der Waals surface area contributed by atoms with Gasteiger partial charge in [0.05, 0.1) is 12.2 Å². The van der Waals surface area contributed by atoms with Gasteiger partial charge in [0.2, 0.25) is 0 Å². The molecule has 1 aromatic heterocycles. The summed E-state index contributed by atoms with van der Waals surface area (Å²) in [6, 6.07) is 0.549. The highest BCUT2D eigenvalue weighted by molar-refractivity contribution is 7.11. The molecule has 92 valence electrons. The van der Waals surface area contributed by atoms with Gasteiger partial charge in [0.15, 0.2) is 0 Å². The molecule has 0 fully saturated rings.